The number of hydrogen-bond acceptors (Lipinski definition) is 3. The summed E-state index contributed by atoms with van der Waals surface area (Å²) >= 11 is 11.6. The monoisotopic (exact) mass is 349 g/mol. The van der Waals surface area contributed by atoms with Crippen LogP contribution in [-0.2, 0) is 9.59 Å². The largest absolute Gasteiger partial charge is 0.329 e. The quantitative estimate of drug-likeness (QED) is 0.506. The Hall–Kier alpha value is -2.37. The molecule has 2 amide bonds. The number of hydrogen-bond donors (Lipinski definition) is 2. The zero-order valence-corrected chi connectivity index (χ0v) is 13.7. The lowest BCUT2D eigenvalue weighted by molar-refractivity contribution is -0.136. The molecule has 0 fully saturated rings. The van der Waals surface area contributed by atoms with Gasteiger partial charge in [0, 0.05) is 15.7 Å². The Kier molecular flexibility index (Phi) is 5.73. The summed E-state index contributed by atoms with van der Waals surface area (Å²) in [5.41, 5.74) is 4.16. The predicted octanol–water partition coefficient (Wildman–Crippen LogP) is 3.39. The van der Waals surface area contributed by atoms with Crippen molar-refractivity contribution in [3.63, 3.8) is 0 Å². The van der Waals surface area contributed by atoms with Crippen molar-refractivity contribution >= 4 is 46.9 Å². The first-order chi connectivity index (χ1) is 11.0. The standard InChI is InChI=1S/C16H13Cl2N3O2/c1-10-8-13(18)6-7-14(10)20-15(22)16(23)21-19-9-11-2-4-12(17)5-3-11/h2-9H,1H3,(H,20,22)(H,21,23)/b19-9-. The predicted molar refractivity (Wildman–Crippen MR) is 92.0 cm³/mol. The number of halogens is 2. The number of carbonyl (C=O) groups excluding carboxylic acids is 2. The molecular formula is C16H13Cl2N3O2. The van der Waals surface area contributed by atoms with Gasteiger partial charge in [0.25, 0.3) is 0 Å². The van der Waals surface area contributed by atoms with Gasteiger partial charge >= 0.3 is 11.8 Å². The lowest BCUT2D eigenvalue weighted by Gasteiger charge is -2.07. The van der Waals surface area contributed by atoms with Gasteiger partial charge < -0.3 is 5.32 Å². The number of hydrazone groups is 1. The molecule has 0 aliphatic carbocycles. The van der Waals surface area contributed by atoms with Crippen LogP contribution < -0.4 is 10.7 Å². The molecule has 0 spiro atoms. The van der Waals surface area contributed by atoms with Crippen LogP contribution in [-0.4, -0.2) is 18.0 Å². The summed E-state index contributed by atoms with van der Waals surface area (Å²) < 4.78 is 0. The molecule has 118 valence electrons. The Bertz CT molecular complexity index is 758. The number of rotatable bonds is 3. The van der Waals surface area contributed by atoms with Crippen molar-refractivity contribution in [2.24, 2.45) is 5.10 Å². The lowest BCUT2D eigenvalue weighted by Crippen LogP contribution is -2.32. The van der Waals surface area contributed by atoms with E-state index in [9.17, 15) is 9.59 Å². The van der Waals surface area contributed by atoms with E-state index < -0.39 is 11.8 Å². The fourth-order valence-corrected chi connectivity index (χ4v) is 2.06. The first-order valence-corrected chi connectivity index (χ1v) is 7.37. The second-order valence-corrected chi connectivity index (χ2v) is 5.54. The van der Waals surface area contributed by atoms with Crippen LogP contribution in [0.25, 0.3) is 0 Å². The molecule has 2 aromatic rings. The average Bonchev–Trinajstić information content (AvgIpc) is 2.51. The van der Waals surface area contributed by atoms with E-state index in [4.69, 9.17) is 23.2 Å². The van der Waals surface area contributed by atoms with Gasteiger partial charge in [-0.2, -0.15) is 5.10 Å². The number of nitrogens with one attached hydrogen (secondary N) is 2. The van der Waals surface area contributed by atoms with E-state index >= 15 is 0 Å². The van der Waals surface area contributed by atoms with E-state index in [1.807, 2.05) is 0 Å². The third kappa shape index (κ3) is 5.09. The first-order valence-electron chi connectivity index (χ1n) is 6.62. The van der Waals surface area contributed by atoms with Crippen molar-refractivity contribution < 1.29 is 9.59 Å². The molecule has 2 rings (SSSR count). The maximum absolute atomic E-state index is 11.8. The molecule has 0 radical (unpaired) electrons. The molecule has 0 aromatic heterocycles. The summed E-state index contributed by atoms with van der Waals surface area (Å²) in [5, 5.41) is 7.37. The van der Waals surface area contributed by atoms with Crippen molar-refractivity contribution in [2.75, 3.05) is 5.32 Å². The third-order valence-electron chi connectivity index (χ3n) is 2.89. The van der Waals surface area contributed by atoms with Crippen LogP contribution >= 0.6 is 23.2 Å². The molecule has 0 aliphatic heterocycles. The first kappa shape index (κ1) is 17.0. The fourth-order valence-electron chi connectivity index (χ4n) is 1.71. The SMILES string of the molecule is Cc1cc(Cl)ccc1NC(=O)C(=O)N/N=C\c1ccc(Cl)cc1. The second kappa shape index (κ2) is 7.76. The molecule has 0 saturated carbocycles. The zero-order valence-electron chi connectivity index (χ0n) is 12.1. The van der Waals surface area contributed by atoms with Gasteiger partial charge in [0.15, 0.2) is 0 Å². The average molecular weight is 350 g/mol. The van der Waals surface area contributed by atoms with Crippen LogP contribution in [0.15, 0.2) is 47.6 Å². The molecule has 23 heavy (non-hydrogen) atoms. The minimum absolute atomic E-state index is 0.510. The van der Waals surface area contributed by atoms with E-state index in [-0.39, 0.29) is 0 Å². The van der Waals surface area contributed by atoms with Crippen molar-refractivity contribution in [1.29, 1.82) is 0 Å². The number of amides is 2. The maximum Gasteiger partial charge on any atom is 0.329 e. The smallest absolute Gasteiger partial charge is 0.317 e. The summed E-state index contributed by atoms with van der Waals surface area (Å²) in [4.78, 5) is 23.5. The third-order valence-corrected chi connectivity index (χ3v) is 3.38. The van der Waals surface area contributed by atoms with Crippen molar-refractivity contribution in [2.45, 2.75) is 6.92 Å². The van der Waals surface area contributed by atoms with Crippen LogP contribution in [0, 0.1) is 6.92 Å². The minimum atomic E-state index is -0.871. The Morgan fingerprint density at radius 3 is 2.30 bits per heavy atom. The highest BCUT2D eigenvalue weighted by Gasteiger charge is 2.13. The second-order valence-electron chi connectivity index (χ2n) is 4.66. The zero-order chi connectivity index (χ0) is 16.8. The van der Waals surface area contributed by atoms with E-state index in [1.165, 1.54) is 6.21 Å². The van der Waals surface area contributed by atoms with E-state index in [0.29, 0.717) is 15.7 Å². The number of benzene rings is 2. The Labute approximate surface area is 143 Å². The molecule has 0 saturated heterocycles. The van der Waals surface area contributed by atoms with Gasteiger partial charge in [-0.05, 0) is 48.4 Å². The molecule has 0 atom stereocenters. The van der Waals surface area contributed by atoms with Crippen LogP contribution in [0.5, 0.6) is 0 Å². The molecule has 0 unspecified atom stereocenters. The molecule has 0 bridgehead atoms. The molecule has 2 N–H and O–H groups in total. The summed E-state index contributed by atoms with van der Waals surface area (Å²) in [5.74, 6) is -1.69. The highest BCUT2D eigenvalue weighted by atomic mass is 35.5. The molecule has 5 nitrogen and oxygen atoms in total. The maximum atomic E-state index is 11.8. The van der Waals surface area contributed by atoms with Gasteiger partial charge in [0.1, 0.15) is 0 Å². The Balaban J connectivity index is 1.92. The summed E-state index contributed by atoms with van der Waals surface area (Å²) in [6.07, 6.45) is 1.41. The van der Waals surface area contributed by atoms with Crippen molar-refractivity contribution in [3.05, 3.63) is 63.6 Å². The van der Waals surface area contributed by atoms with Crippen LogP contribution in [0.2, 0.25) is 10.0 Å². The number of anilines is 1. The molecule has 0 aliphatic rings. The van der Waals surface area contributed by atoms with Gasteiger partial charge in [0.05, 0.1) is 6.21 Å². The van der Waals surface area contributed by atoms with E-state index in [0.717, 1.165) is 11.1 Å². The van der Waals surface area contributed by atoms with Gasteiger partial charge in [-0.1, -0.05) is 35.3 Å². The Morgan fingerprint density at radius 2 is 1.65 bits per heavy atom. The van der Waals surface area contributed by atoms with Crippen LogP contribution in [0.4, 0.5) is 5.69 Å². The fraction of sp³-hybridized carbons (Fsp3) is 0.0625. The van der Waals surface area contributed by atoms with Crippen molar-refractivity contribution in [3.8, 4) is 0 Å². The number of nitrogens with zero attached hydrogens (tertiary/aromatic N) is 1. The highest BCUT2D eigenvalue weighted by Crippen LogP contribution is 2.19. The minimum Gasteiger partial charge on any atom is -0.317 e. The van der Waals surface area contributed by atoms with Crippen LogP contribution in [0.3, 0.4) is 0 Å². The molecule has 0 heterocycles. The molecular weight excluding hydrogens is 337 g/mol. The number of aryl methyl sites for hydroxylation is 1. The van der Waals surface area contributed by atoms with Gasteiger partial charge in [-0.3, -0.25) is 9.59 Å². The van der Waals surface area contributed by atoms with Gasteiger partial charge in [-0.15, -0.1) is 0 Å². The summed E-state index contributed by atoms with van der Waals surface area (Å²) in [7, 11) is 0. The number of carbonyl (C=O) groups is 2. The van der Waals surface area contributed by atoms with E-state index in [2.05, 4.69) is 15.8 Å². The van der Waals surface area contributed by atoms with Crippen LogP contribution in [0.1, 0.15) is 11.1 Å². The highest BCUT2D eigenvalue weighted by molar-refractivity contribution is 6.39. The molecule has 7 heteroatoms. The Morgan fingerprint density at radius 1 is 1.00 bits per heavy atom. The lowest BCUT2D eigenvalue weighted by atomic mass is 10.2. The molecule has 2 aromatic carbocycles. The van der Waals surface area contributed by atoms with Gasteiger partial charge in [0.2, 0.25) is 0 Å². The summed E-state index contributed by atoms with van der Waals surface area (Å²) in [6, 6.07) is 11.8. The topological polar surface area (TPSA) is 70.6 Å². The normalized spacial score (nSPS) is 10.6. The van der Waals surface area contributed by atoms with Crippen molar-refractivity contribution in [1.82, 2.24) is 5.43 Å². The summed E-state index contributed by atoms with van der Waals surface area (Å²) in [6.45, 7) is 1.78. The van der Waals surface area contributed by atoms with Gasteiger partial charge in [-0.25, -0.2) is 5.43 Å². The van der Waals surface area contributed by atoms with E-state index in [1.54, 1.807) is 49.4 Å².